The molecule has 0 aliphatic carbocycles. The van der Waals surface area contributed by atoms with Gasteiger partial charge < -0.3 is 4.74 Å². The molecule has 0 saturated heterocycles. The van der Waals surface area contributed by atoms with Crippen LogP contribution in [0.3, 0.4) is 0 Å². The second kappa shape index (κ2) is 5.51. The van der Waals surface area contributed by atoms with Crippen molar-refractivity contribution in [3.05, 3.63) is 42.4 Å². The van der Waals surface area contributed by atoms with Crippen molar-refractivity contribution in [3.8, 4) is 5.69 Å². The van der Waals surface area contributed by atoms with Gasteiger partial charge in [0.05, 0.1) is 12.8 Å². The van der Waals surface area contributed by atoms with Gasteiger partial charge in [-0.3, -0.25) is 4.40 Å². The molecule has 0 bridgehead atoms. The Morgan fingerprint density at radius 2 is 2.27 bits per heavy atom. The standard InChI is InChI=1S/C13H11F2N5O2/c1-2-22-13(21)10-4-17-12-9(20-7-16-6-18-20)3-8(11(14)15)5-19(10)12/h3-7,11H,2H2,1H3. The Labute approximate surface area is 123 Å². The number of aromatic nitrogens is 5. The van der Waals surface area contributed by atoms with Crippen molar-refractivity contribution in [3.63, 3.8) is 0 Å². The van der Waals surface area contributed by atoms with Gasteiger partial charge >= 0.3 is 5.97 Å². The molecule has 0 aromatic carbocycles. The maximum Gasteiger partial charge on any atom is 0.356 e. The highest BCUT2D eigenvalue weighted by atomic mass is 19.3. The van der Waals surface area contributed by atoms with Crippen molar-refractivity contribution < 1.29 is 18.3 Å². The lowest BCUT2D eigenvalue weighted by Crippen LogP contribution is -2.09. The first kappa shape index (κ1) is 14.1. The molecule has 7 nitrogen and oxygen atoms in total. The number of hydrogen-bond acceptors (Lipinski definition) is 5. The molecule has 3 rings (SSSR count). The highest BCUT2D eigenvalue weighted by Gasteiger charge is 2.19. The molecule has 9 heteroatoms. The molecule has 0 aliphatic heterocycles. The van der Waals surface area contributed by atoms with Crippen LogP contribution in [0.25, 0.3) is 11.3 Å². The van der Waals surface area contributed by atoms with Crippen LogP contribution in [0, 0.1) is 0 Å². The maximum atomic E-state index is 13.1. The van der Waals surface area contributed by atoms with E-state index in [0.717, 1.165) is 0 Å². The van der Waals surface area contributed by atoms with Gasteiger partial charge in [0.1, 0.15) is 18.3 Å². The van der Waals surface area contributed by atoms with Crippen LogP contribution in [0.4, 0.5) is 8.78 Å². The van der Waals surface area contributed by atoms with Gasteiger partial charge in [-0.25, -0.2) is 28.2 Å². The molecule has 0 saturated carbocycles. The number of carbonyl (C=O) groups excluding carboxylic acids is 1. The summed E-state index contributed by atoms with van der Waals surface area (Å²) in [6.07, 6.45) is 2.39. The summed E-state index contributed by atoms with van der Waals surface area (Å²) in [5, 5.41) is 3.92. The predicted octanol–water partition coefficient (Wildman–Crippen LogP) is 2.03. The number of esters is 1. The average molecular weight is 307 g/mol. The Bertz CT molecular complexity index is 813. The van der Waals surface area contributed by atoms with E-state index >= 15 is 0 Å². The van der Waals surface area contributed by atoms with Gasteiger partial charge in [-0.15, -0.1) is 0 Å². The number of pyridine rings is 1. The van der Waals surface area contributed by atoms with Crippen LogP contribution < -0.4 is 0 Å². The molecule has 0 radical (unpaired) electrons. The van der Waals surface area contributed by atoms with E-state index in [-0.39, 0.29) is 17.9 Å². The van der Waals surface area contributed by atoms with Gasteiger partial charge in [0, 0.05) is 11.8 Å². The molecule has 0 N–H and O–H groups in total. The normalized spacial score (nSPS) is 11.3. The summed E-state index contributed by atoms with van der Waals surface area (Å²) < 4.78 is 33.7. The number of hydrogen-bond donors (Lipinski definition) is 0. The second-order valence-electron chi connectivity index (χ2n) is 4.36. The van der Waals surface area contributed by atoms with Crippen molar-refractivity contribution in [1.29, 1.82) is 0 Å². The monoisotopic (exact) mass is 307 g/mol. The largest absolute Gasteiger partial charge is 0.461 e. The minimum absolute atomic E-state index is 0.0701. The molecule has 3 aromatic rings. The number of fused-ring (bicyclic) bond motifs is 1. The lowest BCUT2D eigenvalue weighted by molar-refractivity contribution is 0.0518. The highest BCUT2D eigenvalue weighted by Crippen LogP contribution is 2.25. The van der Waals surface area contributed by atoms with Gasteiger partial charge in [0.15, 0.2) is 11.3 Å². The number of rotatable bonds is 4. The van der Waals surface area contributed by atoms with Crippen LogP contribution in [0.5, 0.6) is 0 Å². The van der Waals surface area contributed by atoms with Crippen molar-refractivity contribution in [2.24, 2.45) is 0 Å². The molecule has 22 heavy (non-hydrogen) atoms. The Morgan fingerprint density at radius 3 is 2.91 bits per heavy atom. The van der Waals surface area contributed by atoms with Gasteiger partial charge in [-0.1, -0.05) is 0 Å². The fourth-order valence-corrected chi connectivity index (χ4v) is 2.07. The summed E-state index contributed by atoms with van der Waals surface area (Å²) in [5.74, 6) is -0.633. The number of imidazole rings is 1. The van der Waals surface area contributed by atoms with E-state index in [1.807, 2.05) is 0 Å². The molecule has 114 valence electrons. The maximum absolute atomic E-state index is 13.1. The molecule has 0 fully saturated rings. The number of ether oxygens (including phenoxy) is 1. The van der Waals surface area contributed by atoms with Gasteiger partial charge in [0.25, 0.3) is 6.43 Å². The van der Waals surface area contributed by atoms with E-state index in [4.69, 9.17) is 4.74 Å². The SMILES string of the molecule is CCOC(=O)c1cnc2c(-n3cncn3)cc(C(F)F)cn12. The summed E-state index contributed by atoms with van der Waals surface area (Å²) in [5.41, 5.74) is 0.408. The number of halogens is 2. The zero-order valence-corrected chi connectivity index (χ0v) is 11.5. The van der Waals surface area contributed by atoms with Crippen molar-refractivity contribution in [2.75, 3.05) is 6.61 Å². The smallest absolute Gasteiger partial charge is 0.356 e. The summed E-state index contributed by atoms with van der Waals surface area (Å²) in [6.45, 7) is 1.84. The Balaban J connectivity index is 2.25. The Morgan fingerprint density at radius 1 is 1.45 bits per heavy atom. The third kappa shape index (κ3) is 2.30. The fourth-order valence-electron chi connectivity index (χ4n) is 2.07. The molecule has 3 heterocycles. The molecule has 0 spiro atoms. The summed E-state index contributed by atoms with van der Waals surface area (Å²) in [6, 6.07) is 1.26. The second-order valence-corrected chi connectivity index (χ2v) is 4.36. The van der Waals surface area contributed by atoms with Gasteiger partial charge in [0.2, 0.25) is 0 Å². The highest BCUT2D eigenvalue weighted by molar-refractivity contribution is 5.89. The van der Waals surface area contributed by atoms with Crippen molar-refractivity contribution in [2.45, 2.75) is 13.3 Å². The summed E-state index contributed by atoms with van der Waals surface area (Å²) in [7, 11) is 0. The minimum Gasteiger partial charge on any atom is -0.461 e. The predicted molar refractivity (Wildman–Crippen MR) is 71.0 cm³/mol. The lowest BCUT2D eigenvalue weighted by Gasteiger charge is -2.09. The Hall–Kier alpha value is -2.84. The van der Waals surface area contributed by atoms with Crippen LogP contribution in [0.1, 0.15) is 29.4 Å². The first-order chi connectivity index (χ1) is 10.6. The molecule has 0 amide bonds. The number of alkyl halides is 2. The van der Waals surface area contributed by atoms with Gasteiger partial charge in [-0.05, 0) is 13.0 Å². The molecule has 0 aliphatic rings. The average Bonchev–Trinajstić information content (AvgIpc) is 3.15. The lowest BCUT2D eigenvalue weighted by atomic mass is 10.2. The van der Waals surface area contributed by atoms with Crippen LogP contribution in [0.2, 0.25) is 0 Å². The van der Waals surface area contributed by atoms with Crippen LogP contribution in [0.15, 0.2) is 31.1 Å². The van der Waals surface area contributed by atoms with Crippen LogP contribution in [-0.4, -0.2) is 36.7 Å². The number of nitrogens with zero attached hydrogens (tertiary/aromatic N) is 5. The fraction of sp³-hybridized carbons (Fsp3) is 0.231. The number of carbonyl (C=O) groups is 1. The van der Waals surface area contributed by atoms with Gasteiger partial charge in [-0.2, -0.15) is 5.10 Å². The molecule has 3 aromatic heterocycles. The Kier molecular flexibility index (Phi) is 3.53. The zero-order chi connectivity index (χ0) is 15.7. The van der Waals surface area contributed by atoms with Crippen molar-refractivity contribution >= 4 is 11.6 Å². The molecule has 0 unspecified atom stereocenters. The quantitative estimate of drug-likeness (QED) is 0.689. The third-order valence-electron chi connectivity index (χ3n) is 3.01. The van der Waals surface area contributed by atoms with E-state index < -0.39 is 12.4 Å². The van der Waals surface area contributed by atoms with Crippen LogP contribution in [-0.2, 0) is 4.74 Å². The topological polar surface area (TPSA) is 74.3 Å². The molecular formula is C13H11F2N5O2. The first-order valence-electron chi connectivity index (χ1n) is 6.43. The van der Waals surface area contributed by atoms with E-state index in [1.54, 1.807) is 6.92 Å². The zero-order valence-electron chi connectivity index (χ0n) is 11.5. The summed E-state index contributed by atoms with van der Waals surface area (Å²) in [4.78, 5) is 19.8. The van der Waals surface area contributed by atoms with E-state index in [1.165, 1.54) is 40.2 Å². The molecular weight excluding hydrogens is 296 g/mol. The van der Waals surface area contributed by atoms with Crippen molar-refractivity contribution in [1.82, 2.24) is 24.1 Å². The third-order valence-corrected chi connectivity index (χ3v) is 3.01. The van der Waals surface area contributed by atoms with E-state index in [2.05, 4.69) is 15.1 Å². The van der Waals surface area contributed by atoms with E-state index in [9.17, 15) is 13.6 Å². The minimum atomic E-state index is -2.70. The molecule has 0 atom stereocenters. The van der Waals surface area contributed by atoms with E-state index in [0.29, 0.717) is 11.3 Å². The van der Waals surface area contributed by atoms with Crippen LogP contribution >= 0.6 is 0 Å². The summed E-state index contributed by atoms with van der Waals surface area (Å²) >= 11 is 0. The first-order valence-corrected chi connectivity index (χ1v) is 6.43.